The van der Waals surface area contributed by atoms with Gasteiger partial charge in [0, 0.05) is 13.6 Å². The molecule has 1 aromatic rings. The molecule has 2 heterocycles. The maximum absolute atomic E-state index is 12.4. The van der Waals surface area contributed by atoms with Crippen LogP contribution in [0.25, 0.3) is 0 Å². The van der Waals surface area contributed by atoms with Crippen molar-refractivity contribution in [2.75, 3.05) is 26.8 Å². The van der Waals surface area contributed by atoms with E-state index in [-0.39, 0.29) is 30.4 Å². The standard InChI is InChI=1S/C13H15N3O5/c1-14-11(17)10-7-21-6-5-16(10)12(18)8-3-2-4-9(15-8)13(19)20/h2-4,10H,5-7H2,1H3,(H,14,17)(H,19,20). The molecule has 0 saturated carbocycles. The lowest BCUT2D eigenvalue weighted by Gasteiger charge is -2.34. The summed E-state index contributed by atoms with van der Waals surface area (Å²) in [4.78, 5) is 40.3. The summed E-state index contributed by atoms with van der Waals surface area (Å²) in [7, 11) is 1.48. The van der Waals surface area contributed by atoms with Crippen LogP contribution in [0.5, 0.6) is 0 Å². The number of carbonyl (C=O) groups is 3. The zero-order chi connectivity index (χ0) is 15.4. The first-order valence-electron chi connectivity index (χ1n) is 6.35. The Labute approximate surface area is 120 Å². The fraction of sp³-hybridized carbons (Fsp3) is 0.385. The SMILES string of the molecule is CNC(=O)C1COCCN1C(=O)c1cccc(C(=O)O)n1. The topological polar surface area (TPSA) is 109 Å². The molecule has 0 aliphatic carbocycles. The van der Waals surface area contributed by atoms with Gasteiger partial charge in [-0.15, -0.1) is 0 Å². The van der Waals surface area contributed by atoms with Gasteiger partial charge in [-0.3, -0.25) is 9.59 Å². The van der Waals surface area contributed by atoms with Crippen LogP contribution < -0.4 is 5.32 Å². The second kappa shape index (κ2) is 6.31. The lowest BCUT2D eigenvalue weighted by Crippen LogP contribution is -2.55. The van der Waals surface area contributed by atoms with Crippen molar-refractivity contribution >= 4 is 17.8 Å². The quantitative estimate of drug-likeness (QED) is 0.768. The van der Waals surface area contributed by atoms with Gasteiger partial charge in [0.05, 0.1) is 13.2 Å². The van der Waals surface area contributed by atoms with Crippen molar-refractivity contribution in [3.63, 3.8) is 0 Å². The van der Waals surface area contributed by atoms with Gasteiger partial charge in [-0.1, -0.05) is 6.07 Å². The summed E-state index contributed by atoms with van der Waals surface area (Å²) in [5.74, 6) is -2.04. The number of rotatable bonds is 3. The molecule has 0 radical (unpaired) electrons. The summed E-state index contributed by atoms with van der Waals surface area (Å²) in [6.45, 7) is 0.664. The summed E-state index contributed by atoms with van der Waals surface area (Å²) >= 11 is 0. The van der Waals surface area contributed by atoms with Gasteiger partial charge in [-0.25, -0.2) is 9.78 Å². The minimum absolute atomic E-state index is 0.00861. The molecule has 0 spiro atoms. The smallest absolute Gasteiger partial charge is 0.354 e. The molecule has 2 amide bonds. The maximum atomic E-state index is 12.4. The largest absolute Gasteiger partial charge is 0.477 e. The second-order valence-corrected chi connectivity index (χ2v) is 4.42. The van der Waals surface area contributed by atoms with Crippen LogP contribution in [0.1, 0.15) is 21.0 Å². The fourth-order valence-electron chi connectivity index (χ4n) is 2.05. The van der Waals surface area contributed by atoms with Crippen LogP contribution in [0.2, 0.25) is 0 Å². The number of hydrogen-bond donors (Lipinski definition) is 2. The number of carboxylic acids is 1. The molecular formula is C13H15N3O5. The van der Waals surface area contributed by atoms with Crippen LogP contribution in [0.4, 0.5) is 0 Å². The van der Waals surface area contributed by atoms with Crippen molar-refractivity contribution in [1.82, 2.24) is 15.2 Å². The Morgan fingerprint density at radius 3 is 2.76 bits per heavy atom. The van der Waals surface area contributed by atoms with Crippen LogP contribution in [0.15, 0.2) is 18.2 Å². The second-order valence-electron chi connectivity index (χ2n) is 4.42. The van der Waals surface area contributed by atoms with E-state index in [1.54, 1.807) is 0 Å². The number of carbonyl (C=O) groups excluding carboxylic acids is 2. The highest BCUT2D eigenvalue weighted by molar-refractivity contribution is 5.97. The van der Waals surface area contributed by atoms with Crippen LogP contribution in [-0.4, -0.2) is 65.6 Å². The molecular weight excluding hydrogens is 278 g/mol. The minimum atomic E-state index is -1.21. The molecule has 2 N–H and O–H groups in total. The Morgan fingerprint density at radius 2 is 2.10 bits per heavy atom. The van der Waals surface area contributed by atoms with Crippen LogP contribution in [-0.2, 0) is 9.53 Å². The number of amides is 2. The number of pyridine rings is 1. The number of nitrogens with zero attached hydrogens (tertiary/aromatic N) is 2. The van der Waals surface area contributed by atoms with Gasteiger partial charge in [0.25, 0.3) is 5.91 Å². The minimum Gasteiger partial charge on any atom is -0.477 e. The average Bonchev–Trinajstić information content (AvgIpc) is 2.53. The van der Waals surface area contributed by atoms with Crippen molar-refractivity contribution in [1.29, 1.82) is 0 Å². The van der Waals surface area contributed by atoms with Gasteiger partial charge in [-0.05, 0) is 12.1 Å². The molecule has 0 aromatic carbocycles. The number of carboxylic acid groups (broad SMARTS) is 1. The third-order valence-electron chi connectivity index (χ3n) is 3.13. The third-order valence-corrected chi connectivity index (χ3v) is 3.13. The van der Waals surface area contributed by atoms with Crippen LogP contribution in [0, 0.1) is 0 Å². The van der Waals surface area contributed by atoms with Crippen molar-refractivity contribution in [3.05, 3.63) is 29.6 Å². The molecule has 1 saturated heterocycles. The first-order valence-corrected chi connectivity index (χ1v) is 6.35. The highest BCUT2D eigenvalue weighted by Crippen LogP contribution is 2.12. The van der Waals surface area contributed by atoms with Gasteiger partial charge in [0.2, 0.25) is 5.91 Å². The van der Waals surface area contributed by atoms with Crippen molar-refractivity contribution < 1.29 is 24.2 Å². The predicted octanol–water partition coefficient (Wildman–Crippen LogP) is -0.633. The van der Waals surface area contributed by atoms with E-state index in [1.165, 1.54) is 30.1 Å². The van der Waals surface area contributed by atoms with Crippen LogP contribution >= 0.6 is 0 Å². The van der Waals surface area contributed by atoms with Gasteiger partial charge in [-0.2, -0.15) is 0 Å². The summed E-state index contributed by atoms with van der Waals surface area (Å²) in [6, 6.07) is 3.42. The molecule has 1 fully saturated rings. The fourth-order valence-corrected chi connectivity index (χ4v) is 2.05. The Morgan fingerprint density at radius 1 is 1.38 bits per heavy atom. The summed E-state index contributed by atoms with van der Waals surface area (Å²) in [6.07, 6.45) is 0. The number of hydrogen-bond acceptors (Lipinski definition) is 5. The summed E-state index contributed by atoms with van der Waals surface area (Å²) < 4.78 is 5.21. The number of aromatic nitrogens is 1. The average molecular weight is 293 g/mol. The molecule has 1 aliphatic rings. The van der Waals surface area contributed by atoms with E-state index in [2.05, 4.69) is 10.3 Å². The summed E-state index contributed by atoms with van der Waals surface area (Å²) in [5, 5.41) is 11.4. The normalized spacial score (nSPS) is 18.1. The van der Waals surface area contributed by atoms with Crippen LogP contribution in [0.3, 0.4) is 0 Å². The van der Waals surface area contributed by atoms with Gasteiger partial charge in [0.15, 0.2) is 0 Å². The maximum Gasteiger partial charge on any atom is 0.354 e. The Kier molecular flexibility index (Phi) is 4.49. The third kappa shape index (κ3) is 3.16. The van der Waals surface area contributed by atoms with E-state index in [0.29, 0.717) is 6.61 Å². The number of morpholine rings is 1. The highest BCUT2D eigenvalue weighted by Gasteiger charge is 2.33. The monoisotopic (exact) mass is 293 g/mol. The molecule has 2 rings (SSSR count). The number of likely N-dealkylation sites (N-methyl/N-ethyl adjacent to an activating group) is 1. The lowest BCUT2D eigenvalue weighted by molar-refractivity contribution is -0.130. The first-order chi connectivity index (χ1) is 10.0. The lowest BCUT2D eigenvalue weighted by atomic mass is 10.2. The van der Waals surface area contributed by atoms with Crippen molar-refractivity contribution in [2.45, 2.75) is 6.04 Å². The number of ether oxygens (including phenoxy) is 1. The van der Waals surface area contributed by atoms with Crippen molar-refractivity contribution in [2.24, 2.45) is 0 Å². The molecule has 1 aliphatic heterocycles. The molecule has 1 atom stereocenters. The van der Waals surface area contributed by atoms with E-state index in [9.17, 15) is 14.4 Å². The zero-order valence-corrected chi connectivity index (χ0v) is 11.4. The van der Waals surface area contributed by atoms with Gasteiger partial charge >= 0.3 is 5.97 Å². The Bertz CT molecular complexity index is 575. The first kappa shape index (κ1) is 14.9. The predicted molar refractivity (Wildman–Crippen MR) is 70.9 cm³/mol. The molecule has 8 nitrogen and oxygen atoms in total. The molecule has 0 bridgehead atoms. The number of nitrogens with one attached hydrogen (secondary N) is 1. The zero-order valence-electron chi connectivity index (χ0n) is 11.4. The molecule has 1 aromatic heterocycles. The number of aromatic carboxylic acids is 1. The molecule has 21 heavy (non-hydrogen) atoms. The Balaban J connectivity index is 2.26. The van der Waals surface area contributed by atoms with Gasteiger partial charge in [0.1, 0.15) is 17.4 Å². The summed E-state index contributed by atoms with van der Waals surface area (Å²) in [5.41, 5.74) is -0.226. The highest BCUT2D eigenvalue weighted by atomic mass is 16.5. The van der Waals surface area contributed by atoms with E-state index in [4.69, 9.17) is 9.84 Å². The molecule has 112 valence electrons. The van der Waals surface area contributed by atoms with E-state index < -0.39 is 17.9 Å². The van der Waals surface area contributed by atoms with E-state index in [1.807, 2.05) is 0 Å². The van der Waals surface area contributed by atoms with Crippen molar-refractivity contribution in [3.8, 4) is 0 Å². The molecule has 1 unspecified atom stereocenters. The van der Waals surface area contributed by atoms with Gasteiger partial charge < -0.3 is 20.1 Å². The molecule has 8 heteroatoms. The van der Waals surface area contributed by atoms with E-state index >= 15 is 0 Å². The Hall–Kier alpha value is -2.48. The van der Waals surface area contributed by atoms with E-state index in [0.717, 1.165) is 0 Å².